The Morgan fingerprint density at radius 2 is 1.68 bits per heavy atom. The fourth-order valence-corrected chi connectivity index (χ4v) is 3.95. The molecule has 0 aromatic carbocycles. The first-order valence-corrected chi connectivity index (χ1v) is 9.74. The molecule has 7 nitrogen and oxygen atoms in total. The summed E-state index contributed by atoms with van der Waals surface area (Å²) in [5, 5.41) is 4.13. The van der Waals surface area contributed by atoms with E-state index in [4.69, 9.17) is 4.52 Å². The number of nitrogens with zero attached hydrogens (tertiary/aromatic N) is 5. The highest BCUT2D eigenvalue weighted by atomic mass is 16.5. The zero-order valence-corrected chi connectivity index (χ0v) is 15.4. The topological polar surface area (TPSA) is 65.7 Å². The lowest BCUT2D eigenvalue weighted by molar-refractivity contribution is -0.136. The van der Waals surface area contributed by atoms with E-state index in [0.29, 0.717) is 11.8 Å². The molecule has 0 unspecified atom stereocenters. The molecule has 1 amide bonds. The molecular weight excluding hydrogens is 318 g/mol. The first-order chi connectivity index (χ1) is 12.1. The normalized spacial score (nSPS) is 25.3. The lowest BCUT2D eigenvalue weighted by Gasteiger charge is -2.39. The van der Waals surface area contributed by atoms with E-state index in [1.54, 1.807) is 0 Å². The highest BCUT2D eigenvalue weighted by Gasteiger charge is 2.33. The van der Waals surface area contributed by atoms with Crippen LogP contribution in [0.15, 0.2) is 4.52 Å². The van der Waals surface area contributed by atoms with E-state index in [9.17, 15) is 4.79 Å². The summed E-state index contributed by atoms with van der Waals surface area (Å²) >= 11 is 0. The third kappa shape index (κ3) is 3.58. The largest absolute Gasteiger partial charge is 0.341 e. The molecule has 138 valence electrons. The van der Waals surface area contributed by atoms with Crippen molar-refractivity contribution < 1.29 is 9.32 Å². The quantitative estimate of drug-likeness (QED) is 0.807. The van der Waals surface area contributed by atoms with Crippen LogP contribution in [0.1, 0.15) is 63.2 Å². The number of aromatic nitrogens is 2. The van der Waals surface area contributed by atoms with Crippen LogP contribution in [0.3, 0.4) is 0 Å². The van der Waals surface area contributed by atoms with Crippen LogP contribution in [0, 0.1) is 0 Å². The van der Waals surface area contributed by atoms with Crippen LogP contribution in [0.2, 0.25) is 0 Å². The Balaban J connectivity index is 1.30. The SMILES string of the molecule is C[C@H](C(=O)N1CCCC1)N1CCN([C@H](C)c2nc(C3CC3)no2)CC1. The number of amides is 1. The van der Waals surface area contributed by atoms with Crippen LogP contribution >= 0.6 is 0 Å². The molecule has 0 radical (unpaired) electrons. The summed E-state index contributed by atoms with van der Waals surface area (Å²) < 4.78 is 5.48. The maximum atomic E-state index is 12.6. The van der Waals surface area contributed by atoms with Crippen molar-refractivity contribution in [2.45, 2.75) is 57.5 Å². The highest BCUT2D eigenvalue weighted by molar-refractivity contribution is 5.81. The van der Waals surface area contributed by atoms with E-state index < -0.39 is 0 Å². The molecule has 3 aliphatic rings. The monoisotopic (exact) mass is 347 g/mol. The Kier molecular flexibility index (Phi) is 4.78. The number of piperazine rings is 1. The fourth-order valence-electron chi connectivity index (χ4n) is 3.95. The predicted molar refractivity (Wildman–Crippen MR) is 93.1 cm³/mol. The van der Waals surface area contributed by atoms with Gasteiger partial charge in [-0.2, -0.15) is 4.98 Å². The predicted octanol–water partition coefficient (Wildman–Crippen LogP) is 1.64. The number of likely N-dealkylation sites (tertiary alicyclic amines) is 1. The standard InChI is InChI=1S/C18H29N5O2/c1-13(17-19-16(20-25-17)15-5-6-15)21-9-11-22(12-10-21)14(2)18(24)23-7-3-4-8-23/h13-15H,3-12H2,1-2H3/t13-,14-/m1/s1. The van der Waals surface area contributed by atoms with Gasteiger partial charge in [0, 0.05) is 45.2 Å². The summed E-state index contributed by atoms with van der Waals surface area (Å²) in [5.41, 5.74) is 0. The molecule has 0 spiro atoms. The molecule has 1 aliphatic carbocycles. The summed E-state index contributed by atoms with van der Waals surface area (Å²) in [6.45, 7) is 9.74. The summed E-state index contributed by atoms with van der Waals surface area (Å²) in [6, 6.07) is 0.132. The van der Waals surface area contributed by atoms with E-state index in [2.05, 4.69) is 33.8 Å². The number of hydrogen-bond acceptors (Lipinski definition) is 6. The third-order valence-corrected chi connectivity index (χ3v) is 5.98. The molecular formula is C18H29N5O2. The van der Waals surface area contributed by atoms with Crippen molar-refractivity contribution in [3.8, 4) is 0 Å². The smallest absolute Gasteiger partial charge is 0.243 e. The molecule has 7 heteroatoms. The number of hydrogen-bond donors (Lipinski definition) is 0. The molecule has 25 heavy (non-hydrogen) atoms. The molecule has 1 aromatic rings. The van der Waals surface area contributed by atoms with Crippen LogP contribution in [-0.4, -0.2) is 76.1 Å². The van der Waals surface area contributed by atoms with Crippen LogP contribution in [0.25, 0.3) is 0 Å². The average molecular weight is 347 g/mol. The van der Waals surface area contributed by atoms with E-state index >= 15 is 0 Å². The van der Waals surface area contributed by atoms with Gasteiger partial charge in [-0.3, -0.25) is 14.6 Å². The molecule has 1 aromatic heterocycles. The minimum Gasteiger partial charge on any atom is -0.341 e. The first kappa shape index (κ1) is 17.0. The Morgan fingerprint density at radius 3 is 2.32 bits per heavy atom. The van der Waals surface area contributed by atoms with Crippen molar-refractivity contribution in [1.82, 2.24) is 24.8 Å². The molecule has 1 saturated carbocycles. The molecule has 3 heterocycles. The maximum Gasteiger partial charge on any atom is 0.243 e. The summed E-state index contributed by atoms with van der Waals surface area (Å²) in [4.78, 5) is 23.9. The second-order valence-electron chi connectivity index (χ2n) is 7.72. The minimum atomic E-state index is -0.0135. The van der Waals surface area contributed by atoms with Gasteiger partial charge in [0.2, 0.25) is 11.8 Å². The molecule has 0 bridgehead atoms. The minimum absolute atomic E-state index is 0.0135. The first-order valence-electron chi connectivity index (χ1n) is 9.74. The van der Waals surface area contributed by atoms with Crippen molar-refractivity contribution in [2.24, 2.45) is 0 Å². The van der Waals surface area contributed by atoms with E-state index in [0.717, 1.165) is 63.8 Å². The van der Waals surface area contributed by atoms with Crippen molar-refractivity contribution in [3.63, 3.8) is 0 Å². The van der Waals surface area contributed by atoms with Gasteiger partial charge in [-0.05, 0) is 39.5 Å². The molecule has 2 atom stereocenters. The van der Waals surface area contributed by atoms with Crippen molar-refractivity contribution in [1.29, 1.82) is 0 Å². The molecule has 0 N–H and O–H groups in total. The fraction of sp³-hybridized carbons (Fsp3) is 0.833. The average Bonchev–Trinajstić information content (AvgIpc) is 3.15. The molecule has 2 saturated heterocycles. The second-order valence-corrected chi connectivity index (χ2v) is 7.72. The van der Waals surface area contributed by atoms with Crippen LogP contribution in [0.5, 0.6) is 0 Å². The van der Waals surface area contributed by atoms with Gasteiger partial charge in [-0.1, -0.05) is 5.16 Å². The van der Waals surface area contributed by atoms with Crippen molar-refractivity contribution in [2.75, 3.05) is 39.3 Å². The van der Waals surface area contributed by atoms with Gasteiger partial charge in [-0.15, -0.1) is 0 Å². The number of carbonyl (C=O) groups excluding carboxylic acids is 1. The van der Waals surface area contributed by atoms with Crippen LogP contribution in [-0.2, 0) is 4.79 Å². The zero-order chi connectivity index (χ0) is 17.4. The highest BCUT2D eigenvalue weighted by Crippen LogP contribution is 2.38. The molecule has 4 rings (SSSR count). The van der Waals surface area contributed by atoms with Gasteiger partial charge in [-0.25, -0.2) is 0 Å². The summed E-state index contributed by atoms with van der Waals surface area (Å²) in [7, 11) is 0. The van der Waals surface area contributed by atoms with Gasteiger partial charge in [0.25, 0.3) is 0 Å². The molecule has 3 fully saturated rings. The van der Waals surface area contributed by atoms with Crippen LogP contribution in [0.4, 0.5) is 0 Å². The van der Waals surface area contributed by atoms with E-state index in [1.807, 2.05) is 4.90 Å². The van der Waals surface area contributed by atoms with Gasteiger partial charge >= 0.3 is 0 Å². The van der Waals surface area contributed by atoms with E-state index in [1.165, 1.54) is 12.8 Å². The van der Waals surface area contributed by atoms with Crippen molar-refractivity contribution in [3.05, 3.63) is 11.7 Å². The Labute approximate surface area is 149 Å². The second kappa shape index (κ2) is 7.03. The Morgan fingerprint density at radius 1 is 1.04 bits per heavy atom. The lowest BCUT2D eigenvalue weighted by Crippen LogP contribution is -2.54. The van der Waals surface area contributed by atoms with Gasteiger partial charge < -0.3 is 9.42 Å². The van der Waals surface area contributed by atoms with E-state index in [-0.39, 0.29) is 12.1 Å². The lowest BCUT2D eigenvalue weighted by atomic mass is 10.1. The van der Waals surface area contributed by atoms with Gasteiger partial charge in [0.05, 0.1) is 12.1 Å². The summed E-state index contributed by atoms with van der Waals surface area (Å²) in [5.74, 6) is 2.44. The number of rotatable bonds is 5. The van der Waals surface area contributed by atoms with Crippen molar-refractivity contribution >= 4 is 5.91 Å². The van der Waals surface area contributed by atoms with Gasteiger partial charge in [0.15, 0.2) is 5.82 Å². The third-order valence-electron chi connectivity index (χ3n) is 5.98. The van der Waals surface area contributed by atoms with Gasteiger partial charge in [0.1, 0.15) is 0 Å². The Hall–Kier alpha value is -1.47. The zero-order valence-electron chi connectivity index (χ0n) is 15.4. The molecule has 2 aliphatic heterocycles. The van der Waals surface area contributed by atoms with Crippen LogP contribution < -0.4 is 0 Å². The Bertz CT molecular complexity index is 600. The summed E-state index contributed by atoms with van der Waals surface area (Å²) in [6.07, 6.45) is 4.68. The number of carbonyl (C=O) groups is 1. The maximum absolute atomic E-state index is 12.6.